The molecular weight excluding hydrogens is 594 g/mol. The summed E-state index contributed by atoms with van der Waals surface area (Å²) in [6.45, 7) is 4.36. The van der Waals surface area contributed by atoms with E-state index in [9.17, 15) is 19.6 Å². The molecule has 10 nitrogen and oxygen atoms in total. The number of anilines is 1. The van der Waals surface area contributed by atoms with Crippen molar-refractivity contribution in [3.05, 3.63) is 81.3 Å². The van der Waals surface area contributed by atoms with Gasteiger partial charge < -0.3 is 18.9 Å². The molecule has 41 heavy (non-hydrogen) atoms. The molecule has 0 unspecified atom stereocenters. The number of carbonyl (C=O) groups excluding carboxylic acids is 3. The molecule has 0 saturated carbocycles. The first-order valence-electron chi connectivity index (χ1n) is 12.6. The molecule has 4 amide bonds. The van der Waals surface area contributed by atoms with E-state index < -0.39 is 17.8 Å². The Labute approximate surface area is 245 Å². The van der Waals surface area contributed by atoms with Gasteiger partial charge in [0.15, 0.2) is 11.5 Å². The SMILES string of the molecule is CCOc1ccc(OCC)c(N2C(=O)NC(=O)/C(=C\c3cc(OC)c(OCc4ccccc4C#N)cc3Br)C2=O)c1. The fraction of sp³-hybridized carbons (Fsp3) is 0.200. The van der Waals surface area contributed by atoms with Crippen molar-refractivity contribution in [2.75, 3.05) is 25.2 Å². The lowest BCUT2D eigenvalue weighted by atomic mass is 10.1. The number of imide groups is 2. The highest BCUT2D eigenvalue weighted by Crippen LogP contribution is 2.37. The first kappa shape index (κ1) is 29.2. The Morgan fingerprint density at radius 3 is 2.41 bits per heavy atom. The van der Waals surface area contributed by atoms with E-state index in [0.717, 1.165) is 4.90 Å². The summed E-state index contributed by atoms with van der Waals surface area (Å²) >= 11 is 3.47. The zero-order valence-electron chi connectivity index (χ0n) is 22.5. The molecule has 0 atom stereocenters. The van der Waals surface area contributed by atoms with Crippen LogP contribution in [0.3, 0.4) is 0 Å². The lowest BCUT2D eigenvalue weighted by Gasteiger charge is -2.28. The lowest BCUT2D eigenvalue weighted by Crippen LogP contribution is -2.54. The molecule has 0 spiro atoms. The zero-order chi connectivity index (χ0) is 29.5. The smallest absolute Gasteiger partial charge is 0.336 e. The van der Waals surface area contributed by atoms with Crippen molar-refractivity contribution in [2.45, 2.75) is 20.5 Å². The second-order valence-corrected chi connectivity index (χ2v) is 9.39. The molecular formula is C30H26BrN3O7. The Hall–Kier alpha value is -4.82. The summed E-state index contributed by atoms with van der Waals surface area (Å²) in [6.07, 6.45) is 1.35. The van der Waals surface area contributed by atoms with Crippen LogP contribution in [0.25, 0.3) is 6.08 Å². The minimum absolute atomic E-state index is 0.119. The van der Waals surface area contributed by atoms with E-state index in [4.69, 9.17) is 18.9 Å². The van der Waals surface area contributed by atoms with Crippen LogP contribution in [0.1, 0.15) is 30.5 Å². The Morgan fingerprint density at radius 1 is 0.951 bits per heavy atom. The van der Waals surface area contributed by atoms with Crippen LogP contribution in [-0.2, 0) is 16.2 Å². The van der Waals surface area contributed by atoms with E-state index in [0.29, 0.717) is 45.0 Å². The van der Waals surface area contributed by atoms with Crippen molar-refractivity contribution >= 4 is 45.5 Å². The highest BCUT2D eigenvalue weighted by molar-refractivity contribution is 9.10. The average molecular weight is 620 g/mol. The van der Waals surface area contributed by atoms with Gasteiger partial charge >= 0.3 is 6.03 Å². The standard InChI is InChI=1S/C30H26BrN3O7/c1-4-39-21-10-11-25(40-5-2)24(14-21)34-29(36)22(28(35)33-30(34)37)12-20-13-26(38-3)27(15-23(20)31)41-17-19-9-7-6-8-18(19)16-32/h6-15H,4-5,17H2,1-3H3,(H,33,35,37)/b22-12+. The number of nitrogens with zero attached hydrogens (tertiary/aromatic N) is 2. The van der Waals surface area contributed by atoms with Crippen LogP contribution < -0.4 is 29.2 Å². The van der Waals surface area contributed by atoms with Crippen molar-refractivity contribution in [3.63, 3.8) is 0 Å². The van der Waals surface area contributed by atoms with Crippen molar-refractivity contribution < 1.29 is 33.3 Å². The molecule has 3 aromatic carbocycles. The van der Waals surface area contributed by atoms with Crippen LogP contribution in [0, 0.1) is 11.3 Å². The fourth-order valence-corrected chi connectivity index (χ4v) is 4.52. The number of hydrogen-bond donors (Lipinski definition) is 1. The molecule has 1 heterocycles. The number of barbiturate groups is 1. The zero-order valence-corrected chi connectivity index (χ0v) is 24.1. The Morgan fingerprint density at radius 2 is 1.71 bits per heavy atom. The highest BCUT2D eigenvalue weighted by Gasteiger charge is 2.38. The molecule has 11 heteroatoms. The van der Waals surface area contributed by atoms with E-state index in [2.05, 4.69) is 27.3 Å². The number of hydrogen-bond acceptors (Lipinski definition) is 8. The summed E-state index contributed by atoms with van der Waals surface area (Å²) in [5.74, 6) is -0.291. The summed E-state index contributed by atoms with van der Waals surface area (Å²) in [4.78, 5) is 40.2. The van der Waals surface area contributed by atoms with Gasteiger partial charge in [0.1, 0.15) is 23.7 Å². The van der Waals surface area contributed by atoms with Crippen molar-refractivity contribution in [1.82, 2.24) is 5.32 Å². The minimum Gasteiger partial charge on any atom is -0.494 e. The molecule has 0 radical (unpaired) electrons. The number of ether oxygens (including phenoxy) is 4. The second kappa shape index (κ2) is 13.0. The third-order valence-electron chi connectivity index (χ3n) is 5.99. The Balaban J connectivity index is 1.69. The maximum Gasteiger partial charge on any atom is 0.336 e. The number of nitrogens with one attached hydrogen (secondary N) is 1. The normalized spacial score (nSPS) is 14.0. The number of urea groups is 1. The van der Waals surface area contributed by atoms with Gasteiger partial charge in [-0.25, -0.2) is 9.69 Å². The maximum absolute atomic E-state index is 13.6. The fourth-order valence-electron chi connectivity index (χ4n) is 4.08. The topological polar surface area (TPSA) is 127 Å². The average Bonchev–Trinajstić information content (AvgIpc) is 2.96. The quantitative estimate of drug-likeness (QED) is 0.237. The molecule has 1 aliphatic heterocycles. The van der Waals surface area contributed by atoms with Gasteiger partial charge in [-0.1, -0.05) is 34.1 Å². The molecule has 210 valence electrons. The summed E-state index contributed by atoms with van der Waals surface area (Å²) in [5.41, 5.74) is 1.47. The third kappa shape index (κ3) is 6.34. The molecule has 0 bridgehead atoms. The van der Waals surface area contributed by atoms with E-state index in [1.165, 1.54) is 19.3 Å². The van der Waals surface area contributed by atoms with Crippen LogP contribution in [0.5, 0.6) is 23.0 Å². The van der Waals surface area contributed by atoms with Crippen LogP contribution in [0.2, 0.25) is 0 Å². The predicted octanol–water partition coefficient (Wildman–Crippen LogP) is 5.37. The lowest BCUT2D eigenvalue weighted by molar-refractivity contribution is -0.122. The second-order valence-electron chi connectivity index (χ2n) is 8.54. The Kier molecular flexibility index (Phi) is 9.26. The molecule has 0 aromatic heterocycles. The van der Waals surface area contributed by atoms with Crippen molar-refractivity contribution in [2.24, 2.45) is 0 Å². The molecule has 4 rings (SSSR count). The Bertz CT molecular complexity index is 1580. The monoisotopic (exact) mass is 619 g/mol. The number of rotatable bonds is 10. The third-order valence-corrected chi connectivity index (χ3v) is 6.67. The number of carbonyl (C=O) groups is 3. The van der Waals surface area contributed by atoms with E-state index in [1.54, 1.807) is 49.4 Å². The van der Waals surface area contributed by atoms with Gasteiger partial charge in [-0.3, -0.25) is 14.9 Å². The van der Waals surface area contributed by atoms with Gasteiger partial charge in [-0.15, -0.1) is 0 Å². The van der Waals surface area contributed by atoms with Gasteiger partial charge in [0.05, 0.1) is 37.6 Å². The predicted molar refractivity (Wildman–Crippen MR) is 154 cm³/mol. The number of nitriles is 1. The van der Waals surface area contributed by atoms with Crippen LogP contribution in [0.15, 0.2) is 64.6 Å². The summed E-state index contributed by atoms with van der Waals surface area (Å²) in [6, 6.07) is 16.3. The first-order chi connectivity index (χ1) is 19.8. The van der Waals surface area contributed by atoms with Gasteiger partial charge in [0.2, 0.25) is 0 Å². The van der Waals surface area contributed by atoms with Crippen LogP contribution in [-0.4, -0.2) is 38.2 Å². The van der Waals surface area contributed by atoms with Gasteiger partial charge in [0, 0.05) is 16.1 Å². The van der Waals surface area contributed by atoms with E-state index in [1.807, 2.05) is 13.0 Å². The van der Waals surface area contributed by atoms with Crippen molar-refractivity contribution in [3.8, 4) is 29.1 Å². The maximum atomic E-state index is 13.6. The number of amides is 4. The molecule has 1 aliphatic rings. The largest absolute Gasteiger partial charge is 0.494 e. The summed E-state index contributed by atoms with van der Waals surface area (Å²) < 4.78 is 23.1. The first-order valence-corrected chi connectivity index (χ1v) is 13.4. The molecule has 1 N–H and O–H groups in total. The molecule has 0 aliphatic carbocycles. The van der Waals surface area contributed by atoms with Gasteiger partial charge in [-0.05, 0) is 55.8 Å². The van der Waals surface area contributed by atoms with Crippen LogP contribution in [0.4, 0.5) is 10.5 Å². The number of methoxy groups -OCH3 is 1. The van der Waals surface area contributed by atoms with Crippen LogP contribution >= 0.6 is 15.9 Å². The minimum atomic E-state index is -0.912. The number of halogens is 1. The highest BCUT2D eigenvalue weighted by atomic mass is 79.9. The van der Waals surface area contributed by atoms with Gasteiger partial charge in [-0.2, -0.15) is 5.26 Å². The summed E-state index contributed by atoms with van der Waals surface area (Å²) in [5, 5.41) is 11.6. The summed E-state index contributed by atoms with van der Waals surface area (Å²) in [7, 11) is 1.45. The molecule has 1 fully saturated rings. The molecule has 3 aromatic rings. The van der Waals surface area contributed by atoms with Crippen molar-refractivity contribution in [1.29, 1.82) is 5.26 Å². The van der Waals surface area contributed by atoms with E-state index in [-0.39, 0.29) is 30.2 Å². The molecule has 1 saturated heterocycles. The number of benzene rings is 3. The van der Waals surface area contributed by atoms with Gasteiger partial charge in [0.25, 0.3) is 11.8 Å². The van der Waals surface area contributed by atoms with E-state index >= 15 is 0 Å².